The summed E-state index contributed by atoms with van der Waals surface area (Å²) in [6.45, 7) is 1.92. The SMILES string of the molecule is CCC(C#N)C[Si](Cl)(Cl)Cl. The Balaban J connectivity index is 3.78. The van der Waals surface area contributed by atoms with Gasteiger partial charge >= 0.3 is 6.00 Å². The molecule has 0 aromatic carbocycles. The molecule has 0 aromatic rings. The minimum Gasteiger partial charge on any atom is -0.198 e. The van der Waals surface area contributed by atoms with Crippen molar-refractivity contribution in [2.24, 2.45) is 5.92 Å². The van der Waals surface area contributed by atoms with Gasteiger partial charge in [0.05, 0.1) is 6.07 Å². The molecule has 0 spiro atoms. The van der Waals surface area contributed by atoms with Crippen molar-refractivity contribution >= 4 is 39.2 Å². The molecular formula is C5H8Cl3NSi. The summed E-state index contributed by atoms with van der Waals surface area (Å²) >= 11 is 16.8. The number of nitriles is 1. The van der Waals surface area contributed by atoms with Gasteiger partial charge in [0.1, 0.15) is 0 Å². The van der Waals surface area contributed by atoms with Crippen LogP contribution in [0.3, 0.4) is 0 Å². The van der Waals surface area contributed by atoms with Crippen molar-refractivity contribution in [3.63, 3.8) is 0 Å². The van der Waals surface area contributed by atoms with Crippen LogP contribution < -0.4 is 0 Å². The van der Waals surface area contributed by atoms with Crippen molar-refractivity contribution in [1.82, 2.24) is 0 Å². The Hall–Kier alpha value is 0.577. The van der Waals surface area contributed by atoms with E-state index in [9.17, 15) is 0 Å². The normalized spacial score (nSPS) is 14.3. The van der Waals surface area contributed by atoms with E-state index >= 15 is 0 Å². The third-order valence-electron chi connectivity index (χ3n) is 1.15. The van der Waals surface area contributed by atoms with Crippen LogP contribution in [0.1, 0.15) is 13.3 Å². The molecule has 1 nitrogen and oxygen atoms in total. The highest BCUT2D eigenvalue weighted by Crippen LogP contribution is 2.29. The molecule has 10 heavy (non-hydrogen) atoms. The summed E-state index contributed by atoms with van der Waals surface area (Å²) in [6.07, 6.45) is 0.761. The molecule has 1 atom stereocenters. The largest absolute Gasteiger partial charge is 0.342 e. The first-order valence-electron chi connectivity index (χ1n) is 2.96. The van der Waals surface area contributed by atoms with E-state index in [1.54, 1.807) is 0 Å². The van der Waals surface area contributed by atoms with Crippen molar-refractivity contribution in [2.45, 2.75) is 19.4 Å². The Kier molecular flexibility index (Phi) is 4.71. The van der Waals surface area contributed by atoms with Gasteiger partial charge in [-0.1, -0.05) is 6.92 Å². The van der Waals surface area contributed by atoms with E-state index in [1.807, 2.05) is 6.92 Å². The lowest BCUT2D eigenvalue weighted by molar-refractivity contribution is 0.708. The fourth-order valence-electron chi connectivity index (χ4n) is 0.561. The lowest BCUT2D eigenvalue weighted by Gasteiger charge is -2.09. The lowest BCUT2D eigenvalue weighted by atomic mass is 10.1. The zero-order valence-corrected chi connectivity index (χ0v) is 8.84. The van der Waals surface area contributed by atoms with E-state index < -0.39 is 6.00 Å². The minimum atomic E-state index is -2.57. The van der Waals surface area contributed by atoms with Gasteiger partial charge in [-0.15, -0.1) is 33.2 Å². The second-order valence-corrected chi connectivity index (χ2v) is 11.2. The van der Waals surface area contributed by atoms with Gasteiger partial charge in [0.2, 0.25) is 0 Å². The molecule has 58 valence electrons. The van der Waals surface area contributed by atoms with E-state index in [4.69, 9.17) is 38.5 Å². The van der Waals surface area contributed by atoms with Crippen LogP contribution in [0.2, 0.25) is 6.04 Å². The molecule has 0 aliphatic heterocycles. The zero-order valence-electron chi connectivity index (χ0n) is 5.57. The molecule has 5 heteroatoms. The highest BCUT2D eigenvalue weighted by molar-refractivity contribution is 7.64. The van der Waals surface area contributed by atoms with Crippen LogP contribution in [0, 0.1) is 17.2 Å². The summed E-state index contributed by atoms with van der Waals surface area (Å²) < 4.78 is 0. The van der Waals surface area contributed by atoms with E-state index in [1.165, 1.54) is 0 Å². The van der Waals surface area contributed by atoms with E-state index in [0.717, 1.165) is 6.42 Å². The van der Waals surface area contributed by atoms with Crippen LogP contribution in [-0.2, 0) is 0 Å². The third kappa shape index (κ3) is 5.37. The van der Waals surface area contributed by atoms with Crippen molar-refractivity contribution in [3.05, 3.63) is 0 Å². The first kappa shape index (κ1) is 10.6. The van der Waals surface area contributed by atoms with Gasteiger partial charge in [0.15, 0.2) is 0 Å². The van der Waals surface area contributed by atoms with Crippen LogP contribution in [0.4, 0.5) is 0 Å². The second kappa shape index (κ2) is 4.45. The first-order valence-corrected chi connectivity index (χ1v) is 8.20. The minimum absolute atomic E-state index is 0.0841. The maximum atomic E-state index is 8.49. The zero-order chi connectivity index (χ0) is 8.20. The van der Waals surface area contributed by atoms with Crippen LogP contribution in [0.5, 0.6) is 0 Å². The van der Waals surface area contributed by atoms with Crippen molar-refractivity contribution in [2.75, 3.05) is 0 Å². The molecule has 0 rings (SSSR count). The summed E-state index contributed by atoms with van der Waals surface area (Å²) in [5, 5.41) is 8.49. The summed E-state index contributed by atoms with van der Waals surface area (Å²) in [5.74, 6) is -0.0841. The second-order valence-electron chi connectivity index (χ2n) is 2.05. The molecule has 0 aliphatic carbocycles. The molecule has 0 amide bonds. The number of rotatable bonds is 3. The van der Waals surface area contributed by atoms with Crippen LogP contribution in [0.25, 0.3) is 0 Å². The predicted molar refractivity (Wildman–Crippen MR) is 47.5 cm³/mol. The number of hydrogen-bond donors (Lipinski definition) is 0. The highest BCUT2D eigenvalue weighted by atomic mass is 35.8. The van der Waals surface area contributed by atoms with Crippen molar-refractivity contribution in [3.8, 4) is 6.07 Å². The quantitative estimate of drug-likeness (QED) is 0.525. The number of halogens is 3. The molecule has 0 heterocycles. The van der Waals surface area contributed by atoms with Gasteiger partial charge in [-0.05, 0) is 12.5 Å². The van der Waals surface area contributed by atoms with E-state index in [-0.39, 0.29) is 5.92 Å². The maximum absolute atomic E-state index is 8.49. The predicted octanol–water partition coefficient (Wildman–Crippen LogP) is 3.19. The molecular weight excluding hydrogens is 209 g/mol. The average molecular weight is 217 g/mol. The molecule has 0 aliphatic rings. The highest BCUT2D eigenvalue weighted by Gasteiger charge is 2.28. The molecule has 0 saturated carbocycles. The topological polar surface area (TPSA) is 23.8 Å². The summed E-state index contributed by atoms with van der Waals surface area (Å²) in [6, 6.07) is -0.0293. The number of hydrogen-bond acceptors (Lipinski definition) is 1. The fourth-order valence-corrected chi connectivity index (χ4v) is 3.18. The van der Waals surface area contributed by atoms with Gasteiger partial charge < -0.3 is 0 Å². The lowest BCUT2D eigenvalue weighted by Crippen LogP contribution is -2.14. The molecule has 0 bridgehead atoms. The van der Waals surface area contributed by atoms with Crippen molar-refractivity contribution in [1.29, 1.82) is 5.26 Å². The van der Waals surface area contributed by atoms with Crippen molar-refractivity contribution < 1.29 is 0 Å². The monoisotopic (exact) mass is 215 g/mol. The van der Waals surface area contributed by atoms with Crippen LogP contribution in [-0.4, -0.2) is 6.00 Å². The molecule has 0 N–H and O–H groups in total. The van der Waals surface area contributed by atoms with Gasteiger partial charge in [-0.2, -0.15) is 5.26 Å². The Morgan fingerprint density at radius 3 is 2.10 bits per heavy atom. The molecule has 0 radical (unpaired) electrons. The van der Waals surface area contributed by atoms with Gasteiger partial charge in [0.25, 0.3) is 0 Å². The molecule has 0 fully saturated rings. The van der Waals surface area contributed by atoms with Gasteiger partial charge in [-0.3, -0.25) is 0 Å². The Morgan fingerprint density at radius 1 is 1.50 bits per heavy atom. The number of nitrogens with zero attached hydrogens (tertiary/aromatic N) is 1. The Labute approximate surface area is 76.0 Å². The summed E-state index contributed by atoms with van der Waals surface area (Å²) in [4.78, 5) is 0. The van der Waals surface area contributed by atoms with Crippen LogP contribution >= 0.6 is 33.2 Å². The van der Waals surface area contributed by atoms with E-state index in [2.05, 4.69) is 6.07 Å². The summed E-state index contributed by atoms with van der Waals surface area (Å²) in [5.41, 5.74) is 0. The molecule has 1 unspecified atom stereocenters. The molecule has 0 aromatic heterocycles. The van der Waals surface area contributed by atoms with Gasteiger partial charge in [-0.25, -0.2) is 0 Å². The fraction of sp³-hybridized carbons (Fsp3) is 0.800. The van der Waals surface area contributed by atoms with E-state index in [0.29, 0.717) is 6.04 Å². The Morgan fingerprint density at radius 2 is 2.00 bits per heavy atom. The van der Waals surface area contributed by atoms with Crippen LogP contribution in [0.15, 0.2) is 0 Å². The smallest absolute Gasteiger partial charge is 0.198 e. The summed E-state index contributed by atoms with van der Waals surface area (Å²) in [7, 11) is 0. The van der Waals surface area contributed by atoms with Gasteiger partial charge in [0, 0.05) is 5.92 Å². The Bertz CT molecular complexity index is 137. The average Bonchev–Trinajstić information content (AvgIpc) is 1.81. The maximum Gasteiger partial charge on any atom is 0.342 e. The third-order valence-corrected chi connectivity index (χ3v) is 3.50. The first-order chi connectivity index (χ1) is 4.49. The standard InChI is InChI=1S/C5H8Cl3NSi/c1-2-5(3-9)4-10(6,7)8/h5H,2,4H2,1H3. The molecule has 0 saturated heterocycles.